The van der Waals surface area contributed by atoms with Crippen LogP contribution < -0.4 is 17.2 Å². The number of nitrogens with zero attached hydrogens (tertiary/aromatic N) is 2. The Morgan fingerprint density at radius 3 is 2.45 bits per heavy atom. The number of nitrogen functional groups attached to an aromatic ring is 2. The van der Waals surface area contributed by atoms with Crippen molar-refractivity contribution >= 4 is 11.8 Å². The van der Waals surface area contributed by atoms with Crippen molar-refractivity contribution in [3.63, 3.8) is 0 Å². The van der Waals surface area contributed by atoms with Crippen LogP contribution in [0, 0.1) is 0 Å². The van der Waals surface area contributed by atoms with Crippen LogP contribution in [0.4, 0.5) is 24.9 Å². The number of hydrogen-bond donors (Lipinski definition) is 3. The third-order valence-corrected chi connectivity index (χ3v) is 3.13. The summed E-state index contributed by atoms with van der Waals surface area (Å²) in [7, 11) is 0. The molecule has 22 heavy (non-hydrogen) atoms. The molecule has 2 aromatic rings. The van der Waals surface area contributed by atoms with E-state index in [0.29, 0.717) is 36.2 Å². The third-order valence-electron chi connectivity index (χ3n) is 3.13. The molecule has 0 atom stereocenters. The highest BCUT2D eigenvalue weighted by molar-refractivity contribution is 5.77. The second-order valence-corrected chi connectivity index (χ2v) is 4.76. The Morgan fingerprint density at radius 2 is 1.82 bits per heavy atom. The summed E-state index contributed by atoms with van der Waals surface area (Å²) in [4.78, 5) is 7.93. The second kappa shape index (κ2) is 6.18. The van der Waals surface area contributed by atoms with Gasteiger partial charge in [-0.05, 0) is 37.1 Å². The zero-order valence-electron chi connectivity index (χ0n) is 11.7. The van der Waals surface area contributed by atoms with Crippen LogP contribution in [0.3, 0.4) is 0 Å². The molecule has 0 spiro atoms. The van der Waals surface area contributed by atoms with E-state index in [1.165, 1.54) is 12.1 Å². The molecule has 0 amide bonds. The molecule has 5 nitrogen and oxygen atoms in total. The van der Waals surface area contributed by atoms with Gasteiger partial charge in [0.25, 0.3) is 0 Å². The van der Waals surface area contributed by atoms with Crippen molar-refractivity contribution in [2.24, 2.45) is 5.73 Å². The Balaban J connectivity index is 2.56. The minimum Gasteiger partial charge on any atom is -0.383 e. The maximum Gasteiger partial charge on any atom is 0.416 e. The van der Waals surface area contributed by atoms with Crippen LogP contribution in [0.15, 0.2) is 24.3 Å². The number of nitrogens with two attached hydrogens (primary N) is 3. The average Bonchev–Trinajstić information content (AvgIpc) is 2.43. The number of halogens is 3. The van der Waals surface area contributed by atoms with Crippen molar-refractivity contribution in [3.05, 3.63) is 35.5 Å². The lowest BCUT2D eigenvalue weighted by Gasteiger charge is -2.14. The highest BCUT2D eigenvalue weighted by Gasteiger charge is 2.30. The molecule has 1 aromatic heterocycles. The van der Waals surface area contributed by atoms with E-state index < -0.39 is 11.7 Å². The van der Waals surface area contributed by atoms with Gasteiger partial charge in [0.15, 0.2) is 0 Å². The number of benzene rings is 1. The van der Waals surface area contributed by atoms with Gasteiger partial charge >= 0.3 is 6.18 Å². The average molecular weight is 311 g/mol. The molecule has 0 aliphatic heterocycles. The van der Waals surface area contributed by atoms with E-state index >= 15 is 0 Å². The van der Waals surface area contributed by atoms with Crippen molar-refractivity contribution in [3.8, 4) is 11.1 Å². The van der Waals surface area contributed by atoms with E-state index in [9.17, 15) is 13.2 Å². The topological polar surface area (TPSA) is 104 Å². The van der Waals surface area contributed by atoms with E-state index in [2.05, 4.69) is 9.97 Å². The Bertz CT molecular complexity index is 670. The lowest BCUT2D eigenvalue weighted by molar-refractivity contribution is -0.137. The van der Waals surface area contributed by atoms with Crippen LogP contribution in [0.1, 0.15) is 17.7 Å². The van der Waals surface area contributed by atoms with Crippen LogP contribution in [0.5, 0.6) is 0 Å². The number of aryl methyl sites for hydroxylation is 1. The molecule has 0 saturated heterocycles. The Labute approximate surface area is 125 Å². The molecule has 0 fully saturated rings. The minimum atomic E-state index is -4.43. The Morgan fingerprint density at radius 1 is 1.09 bits per heavy atom. The van der Waals surface area contributed by atoms with Crippen molar-refractivity contribution < 1.29 is 13.2 Å². The molecule has 2 rings (SSSR count). The number of rotatable bonds is 4. The number of alkyl halides is 3. The molecule has 0 unspecified atom stereocenters. The maximum atomic E-state index is 12.9. The van der Waals surface area contributed by atoms with Gasteiger partial charge in [-0.1, -0.05) is 12.1 Å². The molecule has 0 bridgehead atoms. The van der Waals surface area contributed by atoms with E-state index in [-0.39, 0.29) is 11.8 Å². The van der Waals surface area contributed by atoms with Gasteiger partial charge in [-0.2, -0.15) is 18.2 Å². The first-order valence-electron chi connectivity index (χ1n) is 6.62. The summed E-state index contributed by atoms with van der Waals surface area (Å²) in [6.45, 7) is 0.422. The predicted octanol–water partition coefficient (Wildman–Crippen LogP) is 2.22. The summed E-state index contributed by atoms with van der Waals surface area (Å²) >= 11 is 0. The fraction of sp³-hybridized carbons (Fsp3) is 0.286. The van der Waals surface area contributed by atoms with Crippen molar-refractivity contribution in [2.45, 2.75) is 19.0 Å². The van der Waals surface area contributed by atoms with Gasteiger partial charge in [0, 0.05) is 5.56 Å². The number of hydrogen-bond acceptors (Lipinski definition) is 5. The highest BCUT2D eigenvalue weighted by Crippen LogP contribution is 2.35. The first-order valence-corrected chi connectivity index (χ1v) is 6.62. The Hall–Kier alpha value is -2.35. The molecule has 1 aromatic carbocycles. The summed E-state index contributed by atoms with van der Waals surface area (Å²) in [5.41, 5.74) is 17.3. The van der Waals surface area contributed by atoms with Crippen LogP contribution >= 0.6 is 0 Å². The van der Waals surface area contributed by atoms with E-state index in [4.69, 9.17) is 17.2 Å². The van der Waals surface area contributed by atoms with E-state index in [1.54, 1.807) is 0 Å². The first kappa shape index (κ1) is 16.0. The standard InChI is InChI=1S/C14H16F3N5/c15-14(16,17)9-4-1-3-8(7-9)11-10(5-2-6-18)21-13(20)22-12(11)19/h1,3-4,7H,2,5-6,18H2,(H4,19,20,21,22). The van der Waals surface area contributed by atoms with Gasteiger partial charge in [0.1, 0.15) is 5.82 Å². The van der Waals surface area contributed by atoms with Gasteiger partial charge in [0.2, 0.25) is 5.95 Å². The minimum absolute atomic E-state index is 0.0137. The van der Waals surface area contributed by atoms with E-state index in [0.717, 1.165) is 12.1 Å². The summed E-state index contributed by atoms with van der Waals surface area (Å²) < 4.78 is 38.6. The Kier molecular flexibility index (Phi) is 4.51. The molecule has 118 valence electrons. The van der Waals surface area contributed by atoms with Gasteiger partial charge in [-0.25, -0.2) is 4.98 Å². The lowest BCUT2D eigenvalue weighted by atomic mass is 9.99. The van der Waals surface area contributed by atoms with Gasteiger partial charge < -0.3 is 17.2 Å². The van der Waals surface area contributed by atoms with E-state index in [1.807, 2.05) is 0 Å². The fourth-order valence-corrected chi connectivity index (χ4v) is 2.16. The van der Waals surface area contributed by atoms with Crippen molar-refractivity contribution in [1.82, 2.24) is 9.97 Å². The molecule has 0 aliphatic rings. The summed E-state index contributed by atoms with van der Waals surface area (Å²) in [5, 5.41) is 0. The van der Waals surface area contributed by atoms with Crippen molar-refractivity contribution in [1.29, 1.82) is 0 Å². The first-order chi connectivity index (χ1) is 10.3. The SMILES string of the molecule is NCCCc1nc(N)nc(N)c1-c1cccc(C(F)(F)F)c1. The zero-order chi connectivity index (χ0) is 16.3. The van der Waals surface area contributed by atoms with Crippen LogP contribution in [0.2, 0.25) is 0 Å². The molecule has 6 N–H and O–H groups in total. The van der Waals surface area contributed by atoms with Gasteiger partial charge in [-0.3, -0.25) is 0 Å². The molecule has 8 heteroatoms. The van der Waals surface area contributed by atoms with Crippen molar-refractivity contribution in [2.75, 3.05) is 18.0 Å². The fourth-order valence-electron chi connectivity index (χ4n) is 2.16. The lowest BCUT2D eigenvalue weighted by Crippen LogP contribution is -2.10. The summed E-state index contributed by atoms with van der Waals surface area (Å²) in [6, 6.07) is 4.88. The zero-order valence-corrected chi connectivity index (χ0v) is 11.7. The highest BCUT2D eigenvalue weighted by atomic mass is 19.4. The molecule has 0 radical (unpaired) electrons. The monoisotopic (exact) mass is 311 g/mol. The quantitative estimate of drug-likeness (QED) is 0.803. The van der Waals surface area contributed by atoms with Gasteiger partial charge in [-0.15, -0.1) is 0 Å². The molecule has 0 saturated carbocycles. The second-order valence-electron chi connectivity index (χ2n) is 4.76. The smallest absolute Gasteiger partial charge is 0.383 e. The summed E-state index contributed by atoms with van der Waals surface area (Å²) in [5.74, 6) is 0.0408. The van der Waals surface area contributed by atoms with Gasteiger partial charge in [0.05, 0.1) is 11.3 Å². The molecule has 0 aliphatic carbocycles. The molecular formula is C14H16F3N5. The van der Waals surface area contributed by atoms with Crippen LogP contribution in [-0.2, 0) is 12.6 Å². The summed E-state index contributed by atoms with van der Waals surface area (Å²) in [6.07, 6.45) is -3.36. The maximum absolute atomic E-state index is 12.9. The third kappa shape index (κ3) is 3.45. The predicted molar refractivity (Wildman–Crippen MR) is 78.7 cm³/mol. The van der Waals surface area contributed by atoms with Crippen LogP contribution in [-0.4, -0.2) is 16.5 Å². The number of anilines is 2. The normalized spacial score (nSPS) is 11.6. The molecule has 1 heterocycles. The largest absolute Gasteiger partial charge is 0.416 e. The molecular weight excluding hydrogens is 295 g/mol. The van der Waals surface area contributed by atoms with Crippen LogP contribution in [0.25, 0.3) is 11.1 Å². The number of aromatic nitrogens is 2.